The van der Waals surface area contributed by atoms with Crippen molar-refractivity contribution in [1.82, 2.24) is 9.88 Å². The van der Waals surface area contributed by atoms with Gasteiger partial charge in [-0.1, -0.05) is 18.1 Å². The van der Waals surface area contributed by atoms with Gasteiger partial charge in [-0.2, -0.15) is 0 Å². The van der Waals surface area contributed by atoms with Crippen molar-refractivity contribution in [3.63, 3.8) is 0 Å². The maximum absolute atomic E-state index is 10.7. The Hall–Kier alpha value is -1.32. The number of aliphatic hydroxyl groups is 1. The molecule has 1 aliphatic heterocycles. The number of H-pyrrole nitrogens is 1. The highest BCUT2D eigenvalue weighted by Crippen LogP contribution is 2.29. The highest BCUT2D eigenvalue weighted by molar-refractivity contribution is 5.85. The van der Waals surface area contributed by atoms with Crippen LogP contribution in [0.5, 0.6) is 0 Å². The van der Waals surface area contributed by atoms with Crippen LogP contribution in [0.25, 0.3) is 10.9 Å². The lowest BCUT2D eigenvalue weighted by Gasteiger charge is -2.28. The normalized spacial score (nSPS) is 18.6. The first-order valence-electron chi connectivity index (χ1n) is 7.64. The molecule has 0 unspecified atom stereocenters. The van der Waals surface area contributed by atoms with Gasteiger partial charge < -0.3 is 15.0 Å². The number of aromatic amines is 1. The van der Waals surface area contributed by atoms with Crippen molar-refractivity contribution in [3.8, 4) is 0 Å². The molecule has 2 aromatic rings. The van der Waals surface area contributed by atoms with Crippen LogP contribution in [-0.2, 0) is 0 Å². The molecule has 20 heavy (non-hydrogen) atoms. The van der Waals surface area contributed by atoms with Gasteiger partial charge in [-0.25, -0.2) is 0 Å². The fraction of sp³-hybridized carbons (Fsp3) is 0.529. The molecule has 3 nitrogen and oxygen atoms in total. The first-order chi connectivity index (χ1) is 9.65. The molecule has 1 atom stereocenters. The molecule has 0 spiro atoms. The van der Waals surface area contributed by atoms with Gasteiger partial charge in [0.1, 0.15) is 0 Å². The number of aromatic nitrogens is 1. The number of rotatable bonds is 3. The Bertz CT molecular complexity index is 596. The first kappa shape index (κ1) is 13.7. The number of aliphatic hydroxyl groups excluding tert-OH is 1. The molecule has 0 saturated carbocycles. The zero-order valence-corrected chi connectivity index (χ0v) is 12.4. The lowest BCUT2D eigenvalue weighted by molar-refractivity contribution is 0.102. The van der Waals surface area contributed by atoms with E-state index in [0.717, 1.165) is 36.4 Å². The SMILES string of the molecule is Cc1ccc2[nH]c(C)c([C@@H](O)CN3CCCCC3)c2c1. The van der Waals surface area contributed by atoms with Crippen molar-refractivity contribution >= 4 is 10.9 Å². The monoisotopic (exact) mass is 272 g/mol. The Morgan fingerprint density at radius 3 is 2.70 bits per heavy atom. The number of benzene rings is 1. The van der Waals surface area contributed by atoms with Crippen molar-refractivity contribution in [3.05, 3.63) is 35.0 Å². The summed E-state index contributed by atoms with van der Waals surface area (Å²) >= 11 is 0. The van der Waals surface area contributed by atoms with Gasteiger partial charge in [0.25, 0.3) is 0 Å². The number of piperidine rings is 1. The minimum atomic E-state index is -0.399. The van der Waals surface area contributed by atoms with Crippen molar-refractivity contribution in [2.75, 3.05) is 19.6 Å². The second kappa shape index (κ2) is 5.58. The van der Waals surface area contributed by atoms with Crippen LogP contribution in [-0.4, -0.2) is 34.6 Å². The Morgan fingerprint density at radius 2 is 1.95 bits per heavy atom. The topological polar surface area (TPSA) is 39.3 Å². The van der Waals surface area contributed by atoms with E-state index in [0.29, 0.717) is 0 Å². The van der Waals surface area contributed by atoms with E-state index in [1.807, 2.05) is 0 Å². The van der Waals surface area contributed by atoms with Crippen LogP contribution >= 0.6 is 0 Å². The van der Waals surface area contributed by atoms with Crippen LogP contribution in [0, 0.1) is 13.8 Å². The molecule has 3 rings (SSSR count). The van der Waals surface area contributed by atoms with Crippen LogP contribution in [0.3, 0.4) is 0 Å². The number of fused-ring (bicyclic) bond motifs is 1. The van der Waals surface area contributed by atoms with Crippen molar-refractivity contribution in [1.29, 1.82) is 0 Å². The quantitative estimate of drug-likeness (QED) is 0.900. The standard InChI is InChI=1S/C17H24N2O/c1-12-6-7-15-14(10-12)17(13(2)18-15)16(20)11-19-8-4-3-5-9-19/h6-7,10,16,18,20H,3-5,8-9,11H2,1-2H3/t16-/m0/s1. The number of hydrogen-bond donors (Lipinski definition) is 2. The van der Waals surface area contributed by atoms with Crippen molar-refractivity contribution in [2.45, 2.75) is 39.2 Å². The summed E-state index contributed by atoms with van der Waals surface area (Å²) < 4.78 is 0. The van der Waals surface area contributed by atoms with Gasteiger partial charge in [-0.3, -0.25) is 0 Å². The van der Waals surface area contributed by atoms with E-state index in [-0.39, 0.29) is 0 Å². The molecule has 0 radical (unpaired) electrons. The maximum Gasteiger partial charge on any atom is 0.0940 e. The van der Waals surface area contributed by atoms with Gasteiger partial charge >= 0.3 is 0 Å². The largest absolute Gasteiger partial charge is 0.387 e. The van der Waals surface area contributed by atoms with E-state index < -0.39 is 6.10 Å². The third-order valence-electron chi connectivity index (χ3n) is 4.40. The molecule has 108 valence electrons. The fourth-order valence-corrected chi connectivity index (χ4v) is 3.37. The molecular weight excluding hydrogens is 248 g/mol. The number of β-amino-alcohol motifs (C(OH)–C–C–N with tert-alkyl or cyclic N) is 1. The van der Waals surface area contributed by atoms with Gasteiger partial charge in [-0.15, -0.1) is 0 Å². The molecule has 3 heteroatoms. The number of hydrogen-bond acceptors (Lipinski definition) is 2. The molecule has 1 fully saturated rings. The average molecular weight is 272 g/mol. The van der Waals surface area contributed by atoms with Crippen LogP contribution in [0.1, 0.15) is 42.2 Å². The van der Waals surface area contributed by atoms with E-state index in [1.165, 1.54) is 30.2 Å². The van der Waals surface area contributed by atoms with E-state index in [9.17, 15) is 5.11 Å². The lowest BCUT2D eigenvalue weighted by Crippen LogP contribution is -2.33. The summed E-state index contributed by atoms with van der Waals surface area (Å²) in [4.78, 5) is 5.79. The molecule has 1 aromatic carbocycles. The second-order valence-electron chi connectivity index (χ2n) is 6.09. The highest BCUT2D eigenvalue weighted by atomic mass is 16.3. The van der Waals surface area contributed by atoms with Gasteiger partial charge in [0.05, 0.1) is 6.10 Å². The predicted molar refractivity (Wildman–Crippen MR) is 83.0 cm³/mol. The minimum Gasteiger partial charge on any atom is -0.387 e. The Balaban J connectivity index is 1.88. The Morgan fingerprint density at radius 1 is 1.20 bits per heavy atom. The Kier molecular flexibility index (Phi) is 3.81. The molecule has 1 aliphatic rings. The van der Waals surface area contributed by atoms with Crippen LogP contribution in [0.15, 0.2) is 18.2 Å². The summed E-state index contributed by atoms with van der Waals surface area (Å²) in [7, 11) is 0. The smallest absolute Gasteiger partial charge is 0.0940 e. The molecule has 1 aromatic heterocycles. The molecule has 0 bridgehead atoms. The number of aryl methyl sites for hydroxylation is 2. The summed E-state index contributed by atoms with van der Waals surface area (Å²) in [6, 6.07) is 6.39. The number of nitrogens with zero attached hydrogens (tertiary/aromatic N) is 1. The van der Waals surface area contributed by atoms with Crippen LogP contribution in [0.4, 0.5) is 0 Å². The molecule has 0 amide bonds. The van der Waals surface area contributed by atoms with E-state index in [1.54, 1.807) is 0 Å². The average Bonchev–Trinajstić information content (AvgIpc) is 2.75. The summed E-state index contributed by atoms with van der Waals surface area (Å²) in [5.74, 6) is 0. The van der Waals surface area contributed by atoms with Gasteiger partial charge in [-0.05, 0) is 51.9 Å². The summed E-state index contributed by atoms with van der Waals surface area (Å²) in [6.07, 6.45) is 3.46. The van der Waals surface area contributed by atoms with Gasteiger partial charge in [0.2, 0.25) is 0 Å². The zero-order chi connectivity index (χ0) is 14.1. The number of nitrogens with one attached hydrogen (secondary N) is 1. The van der Waals surface area contributed by atoms with Gasteiger partial charge in [0.15, 0.2) is 0 Å². The fourth-order valence-electron chi connectivity index (χ4n) is 3.37. The third-order valence-corrected chi connectivity index (χ3v) is 4.40. The Labute approximate surface area is 120 Å². The molecule has 2 N–H and O–H groups in total. The second-order valence-corrected chi connectivity index (χ2v) is 6.09. The summed E-state index contributed by atoms with van der Waals surface area (Å²) in [5, 5.41) is 11.8. The maximum atomic E-state index is 10.7. The first-order valence-corrected chi connectivity index (χ1v) is 7.64. The molecular formula is C17H24N2O. The summed E-state index contributed by atoms with van der Waals surface area (Å²) in [6.45, 7) is 7.16. The minimum absolute atomic E-state index is 0.399. The van der Waals surface area contributed by atoms with Crippen LogP contribution in [0.2, 0.25) is 0 Å². The third kappa shape index (κ3) is 2.60. The lowest BCUT2D eigenvalue weighted by atomic mass is 10.0. The predicted octanol–water partition coefficient (Wildman–Crippen LogP) is 3.30. The zero-order valence-electron chi connectivity index (χ0n) is 12.4. The van der Waals surface area contributed by atoms with E-state index >= 15 is 0 Å². The number of likely N-dealkylation sites (tertiary alicyclic amines) is 1. The molecule has 2 heterocycles. The van der Waals surface area contributed by atoms with Crippen molar-refractivity contribution < 1.29 is 5.11 Å². The molecule has 0 aliphatic carbocycles. The summed E-state index contributed by atoms with van der Waals surface area (Å²) in [5.41, 5.74) is 4.54. The van der Waals surface area contributed by atoms with E-state index in [4.69, 9.17) is 0 Å². The van der Waals surface area contributed by atoms with Crippen molar-refractivity contribution in [2.24, 2.45) is 0 Å². The van der Waals surface area contributed by atoms with E-state index in [2.05, 4.69) is 41.9 Å². The van der Waals surface area contributed by atoms with Crippen LogP contribution < -0.4 is 0 Å². The molecule has 1 saturated heterocycles. The van der Waals surface area contributed by atoms with Gasteiger partial charge in [0, 0.05) is 28.7 Å². The highest BCUT2D eigenvalue weighted by Gasteiger charge is 2.20.